The van der Waals surface area contributed by atoms with Gasteiger partial charge in [0.2, 0.25) is 5.91 Å². The fourth-order valence-electron chi connectivity index (χ4n) is 5.52. The number of carbonyl (C=O) groups is 1. The second-order valence-corrected chi connectivity index (χ2v) is 17.4. The summed E-state index contributed by atoms with van der Waals surface area (Å²) in [6.07, 6.45) is 61.1. The molecule has 0 fully saturated rings. The van der Waals surface area contributed by atoms with E-state index in [1.165, 1.54) is 32.1 Å². The predicted octanol–water partition coefficient (Wildman–Crippen LogP) is 12.4. The SMILES string of the molecule is CC/C=C\C/C=C\C/C=C\C/C=C\C/C=C\C/C=C\C/C=C\CCCC(=O)NC(COP(=O)([O-])OCC[N+](C)(C)C)C(O)/C=C/CC/C=C/CC/C=C/CCCCCCC. The van der Waals surface area contributed by atoms with Crippen molar-refractivity contribution < 1.29 is 32.9 Å². The minimum Gasteiger partial charge on any atom is -0.756 e. The number of amides is 1. The number of unbranched alkanes of at least 4 members (excludes halogenated alkanes) is 8. The molecule has 0 saturated heterocycles. The summed E-state index contributed by atoms with van der Waals surface area (Å²) < 4.78 is 23.1. The molecule has 9 heteroatoms. The topological polar surface area (TPSA) is 108 Å². The first-order chi connectivity index (χ1) is 29.0. The fraction of sp³-hybridized carbons (Fsp3) is 0.588. The highest BCUT2D eigenvalue weighted by Gasteiger charge is 2.23. The number of rotatable bonds is 39. The number of phosphoric ester groups is 1. The van der Waals surface area contributed by atoms with E-state index in [0.29, 0.717) is 23.9 Å². The van der Waals surface area contributed by atoms with E-state index in [2.05, 4.69) is 129 Å². The van der Waals surface area contributed by atoms with E-state index in [1.54, 1.807) is 6.08 Å². The monoisotopic (exact) mass is 853 g/mol. The molecule has 8 nitrogen and oxygen atoms in total. The first-order valence-corrected chi connectivity index (χ1v) is 24.4. The molecule has 1 amide bonds. The highest BCUT2D eigenvalue weighted by atomic mass is 31.2. The fourth-order valence-corrected chi connectivity index (χ4v) is 6.25. The molecule has 0 bridgehead atoms. The molecule has 3 unspecified atom stereocenters. The molecular weight excluding hydrogens is 768 g/mol. The Hall–Kier alpha value is -3.10. The Bertz CT molecular complexity index is 1380. The zero-order chi connectivity index (χ0) is 44.3. The molecule has 0 saturated carbocycles. The Balaban J connectivity index is 4.60. The maximum absolute atomic E-state index is 12.8. The number of phosphoric acid groups is 1. The van der Waals surface area contributed by atoms with Crippen LogP contribution in [-0.4, -0.2) is 68.5 Å². The van der Waals surface area contributed by atoms with Crippen molar-refractivity contribution in [2.45, 2.75) is 154 Å². The third kappa shape index (κ3) is 43.0. The average molecular weight is 853 g/mol. The predicted molar refractivity (Wildman–Crippen MR) is 255 cm³/mol. The Kier molecular flexibility index (Phi) is 39.1. The highest BCUT2D eigenvalue weighted by molar-refractivity contribution is 7.45. The van der Waals surface area contributed by atoms with Crippen LogP contribution < -0.4 is 10.2 Å². The molecule has 0 aliphatic carbocycles. The van der Waals surface area contributed by atoms with Crippen molar-refractivity contribution in [3.63, 3.8) is 0 Å². The third-order valence-corrected chi connectivity index (χ3v) is 10.1. The molecule has 0 radical (unpaired) electrons. The number of nitrogens with zero attached hydrogens (tertiary/aromatic N) is 1. The van der Waals surface area contributed by atoms with E-state index in [-0.39, 0.29) is 18.9 Å². The first kappa shape index (κ1) is 56.9. The number of carbonyl (C=O) groups excluding carboxylic acids is 1. The van der Waals surface area contributed by atoms with Crippen molar-refractivity contribution in [1.29, 1.82) is 0 Å². The van der Waals surface area contributed by atoms with E-state index in [9.17, 15) is 19.4 Å². The van der Waals surface area contributed by atoms with E-state index < -0.39 is 26.6 Å². The van der Waals surface area contributed by atoms with Gasteiger partial charge in [-0.2, -0.15) is 0 Å². The first-order valence-electron chi connectivity index (χ1n) is 22.9. The van der Waals surface area contributed by atoms with Gasteiger partial charge in [0, 0.05) is 6.42 Å². The summed E-state index contributed by atoms with van der Waals surface area (Å²) in [4.78, 5) is 25.3. The van der Waals surface area contributed by atoms with Crippen molar-refractivity contribution in [1.82, 2.24) is 5.32 Å². The van der Waals surface area contributed by atoms with E-state index in [1.807, 2.05) is 27.2 Å². The quantitative estimate of drug-likeness (QED) is 0.0276. The van der Waals surface area contributed by atoms with Crippen LogP contribution in [0.2, 0.25) is 0 Å². The van der Waals surface area contributed by atoms with Crippen LogP contribution in [0.5, 0.6) is 0 Å². The number of likely N-dealkylation sites (N-methyl/N-ethyl adjacent to an activating group) is 1. The maximum Gasteiger partial charge on any atom is 0.268 e. The highest BCUT2D eigenvalue weighted by Crippen LogP contribution is 2.38. The standard InChI is InChI=1S/C51H85N2O6P/c1-6-8-10-12-14-16-18-20-22-23-24-25-26-27-28-29-31-33-35-37-39-41-43-45-51(55)52-49(48-59-60(56,57)58-47-46-53(3,4)5)50(54)44-42-40-38-36-34-32-30-21-19-17-15-13-11-9-7-2/h8,10,14,16,19-22,24-25,27-28,31,33-34,36-37,39,42,44,49-50,54H,6-7,9,11-13,15,17-18,23,26,29-30,32,35,38,40-41,43,45-48H2,1-5H3,(H-,52,55,56,57)/b10-8-,16-14-,21-19+,22-20-,25-24-,28-27-,33-31-,36-34+,39-37-,44-42+. The van der Waals surface area contributed by atoms with Crippen LogP contribution >= 0.6 is 7.82 Å². The van der Waals surface area contributed by atoms with Gasteiger partial charge in [0.1, 0.15) is 13.2 Å². The van der Waals surface area contributed by atoms with Crippen LogP contribution in [0.3, 0.4) is 0 Å². The minimum absolute atomic E-state index is 0.0275. The number of hydrogen-bond donors (Lipinski definition) is 2. The molecule has 0 spiro atoms. The smallest absolute Gasteiger partial charge is 0.268 e. The van der Waals surface area contributed by atoms with E-state index in [0.717, 1.165) is 77.0 Å². The Morgan fingerprint density at radius 2 is 1.03 bits per heavy atom. The summed E-state index contributed by atoms with van der Waals surface area (Å²) >= 11 is 0. The summed E-state index contributed by atoms with van der Waals surface area (Å²) in [6, 6.07) is -0.948. The van der Waals surface area contributed by atoms with Gasteiger partial charge < -0.3 is 28.8 Å². The second kappa shape index (κ2) is 41.3. The number of nitrogens with one attached hydrogen (secondary N) is 1. The number of quaternary nitrogens is 1. The summed E-state index contributed by atoms with van der Waals surface area (Å²) in [6.45, 7) is 4.40. The second-order valence-electron chi connectivity index (χ2n) is 16.0. The molecule has 0 aromatic rings. The van der Waals surface area contributed by atoms with Gasteiger partial charge in [-0.25, -0.2) is 0 Å². The van der Waals surface area contributed by atoms with Crippen LogP contribution in [0.25, 0.3) is 0 Å². The lowest BCUT2D eigenvalue weighted by Gasteiger charge is -2.29. The van der Waals surface area contributed by atoms with Crippen LogP contribution in [0.4, 0.5) is 0 Å². The Labute approximate surface area is 367 Å². The zero-order valence-electron chi connectivity index (χ0n) is 38.3. The summed E-state index contributed by atoms with van der Waals surface area (Å²) in [5.41, 5.74) is 0. The summed E-state index contributed by atoms with van der Waals surface area (Å²) in [5, 5.41) is 13.7. The van der Waals surface area contributed by atoms with Gasteiger partial charge >= 0.3 is 0 Å². The molecule has 0 aliphatic rings. The lowest BCUT2D eigenvalue weighted by molar-refractivity contribution is -0.870. The largest absolute Gasteiger partial charge is 0.756 e. The molecule has 0 aliphatic heterocycles. The number of allylic oxidation sites excluding steroid dienone is 19. The van der Waals surface area contributed by atoms with Crippen molar-refractivity contribution in [2.24, 2.45) is 0 Å². The Morgan fingerprint density at radius 3 is 1.53 bits per heavy atom. The molecule has 0 rings (SSSR count). The number of aliphatic hydroxyl groups excluding tert-OH is 1. The number of hydrogen-bond acceptors (Lipinski definition) is 6. The average Bonchev–Trinajstić information content (AvgIpc) is 3.20. The summed E-state index contributed by atoms with van der Waals surface area (Å²) in [5.74, 6) is -0.276. The normalized spacial score (nSPS) is 15.4. The van der Waals surface area contributed by atoms with Gasteiger partial charge in [0.05, 0.1) is 39.9 Å². The van der Waals surface area contributed by atoms with Crippen LogP contribution in [-0.2, 0) is 18.4 Å². The molecule has 2 N–H and O–H groups in total. The van der Waals surface area contributed by atoms with Gasteiger partial charge in [0.25, 0.3) is 7.82 Å². The van der Waals surface area contributed by atoms with Crippen molar-refractivity contribution >= 4 is 13.7 Å². The van der Waals surface area contributed by atoms with Gasteiger partial charge in [-0.05, 0) is 96.3 Å². The summed E-state index contributed by atoms with van der Waals surface area (Å²) in [7, 11) is 1.17. The third-order valence-electron chi connectivity index (χ3n) is 9.13. The van der Waals surface area contributed by atoms with Gasteiger partial charge in [-0.1, -0.05) is 161 Å². The molecule has 60 heavy (non-hydrogen) atoms. The van der Waals surface area contributed by atoms with Crippen LogP contribution in [0.1, 0.15) is 142 Å². The maximum atomic E-state index is 12.8. The van der Waals surface area contributed by atoms with Gasteiger partial charge in [0.15, 0.2) is 0 Å². The van der Waals surface area contributed by atoms with E-state index >= 15 is 0 Å². The van der Waals surface area contributed by atoms with Crippen molar-refractivity contribution in [2.75, 3.05) is 40.9 Å². The minimum atomic E-state index is -4.63. The molecule has 0 aromatic carbocycles. The van der Waals surface area contributed by atoms with Gasteiger partial charge in [-0.3, -0.25) is 9.36 Å². The van der Waals surface area contributed by atoms with Crippen LogP contribution in [0.15, 0.2) is 122 Å². The van der Waals surface area contributed by atoms with Crippen molar-refractivity contribution in [3.8, 4) is 0 Å². The molecule has 340 valence electrons. The molecule has 3 atom stereocenters. The lowest BCUT2D eigenvalue weighted by atomic mass is 10.1. The Morgan fingerprint density at radius 1 is 0.600 bits per heavy atom. The molecule has 0 heterocycles. The lowest BCUT2D eigenvalue weighted by Crippen LogP contribution is -2.45. The zero-order valence-corrected chi connectivity index (χ0v) is 39.2. The van der Waals surface area contributed by atoms with Crippen LogP contribution in [0, 0.1) is 0 Å². The molecule has 0 aromatic heterocycles. The van der Waals surface area contributed by atoms with Gasteiger partial charge in [-0.15, -0.1) is 0 Å². The van der Waals surface area contributed by atoms with E-state index in [4.69, 9.17) is 9.05 Å². The molecular formula is C51H85N2O6P. The van der Waals surface area contributed by atoms with Crippen molar-refractivity contribution in [3.05, 3.63) is 122 Å². The number of aliphatic hydroxyl groups is 1.